The highest BCUT2D eigenvalue weighted by Crippen LogP contribution is 2.40. The van der Waals surface area contributed by atoms with E-state index in [0.29, 0.717) is 43.2 Å². The van der Waals surface area contributed by atoms with Gasteiger partial charge >= 0.3 is 0 Å². The summed E-state index contributed by atoms with van der Waals surface area (Å²) in [5, 5.41) is 11.3. The van der Waals surface area contributed by atoms with Crippen LogP contribution >= 0.6 is 0 Å². The molecule has 1 atom stereocenters. The highest BCUT2D eigenvalue weighted by atomic mass is 16.5. The zero-order valence-electron chi connectivity index (χ0n) is 20.6. The molecule has 1 aliphatic rings. The van der Waals surface area contributed by atoms with E-state index in [2.05, 4.69) is 0 Å². The van der Waals surface area contributed by atoms with Crippen LogP contribution in [0.5, 0.6) is 11.5 Å². The van der Waals surface area contributed by atoms with Crippen molar-refractivity contribution in [2.75, 3.05) is 19.8 Å². The van der Waals surface area contributed by atoms with Crippen LogP contribution in [-0.2, 0) is 16.0 Å². The summed E-state index contributed by atoms with van der Waals surface area (Å²) < 4.78 is 11.3. The molecule has 1 unspecified atom stereocenters. The van der Waals surface area contributed by atoms with Gasteiger partial charge < -0.3 is 19.5 Å². The van der Waals surface area contributed by atoms with Gasteiger partial charge in [0, 0.05) is 12.1 Å². The molecule has 4 rings (SSSR count). The van der Waals surface area contributed by atoms with E-state index in [9.17, 15) is 14.7 Å². The number of likely N-dealkylation sites (tertiary alicyclic amines) is 1. The Morgan fingerprint density at radius 3 is 2.33 bits per heavy atom. The fraction of sp³-hybridized carbons (Fsp3) is 0.267. The van der Waals surface area contributed by atoms with Gasteiger partial charge in [0.25, 0.3) is 11.7 Å². The Balaban J connectivity index is 1.75. The molecule has 1 N–H and O–H groups in total. The minimum atomic E-state index is -0.718. The molecule has 1 heterocycles. The first-order valence-electron chi connectivity index (χ1n) is 12.3. The highest BCUT2D eigenvalue weighted by Gasteiger charge is 2.45. The van der Waals surface area contributed by atoms with E-state index in [-0.39, 0.29) is 11.3 Å². The number of ether oxygens (including phenoxy) is 2. The van der Waals surface area contributed by atoms with Gasteiger partial charge in [-0.3, -0.25) is 9.59 Å². The van der Waals surface area contributed by atoms with Crippen molar-refractivity contribution in [3.63, 3.8) is 0 Å². The summed E-state index contributed by atoms with van der Waals surface area (Å²) in [5.74, 6) is -0.239. The maximum absolute atomic E-state index is 13.3. The summed E-state index contributed by atoms with van der Waals surface area (Å²) in [6.45, 7) is 5.32. The second-order valence-corrected chi connectivity index (χ2v) is 8.61. The smallest absolute Gasteiger partial charge is 0.295 e. The molecule has 0 aromatic heterocycles. The SMILES string of the molecule is CCCOc1ccc(C2C(=C(O)c3cccc(OCC)c3)C(=O)C(=O)N2CCc2ccccc2)cc1. The van der Waals surface area contributed by atoms with Crippen LogP contribution in [0.3, 0.4) is 0 Å². The molecule has 0 aliphatic carbocycles. The lowest BCUT2D eigenvalue weighted by Crippen LogP contribution is -2.31. The predicted molar refractivity (Wildman–Crippen MR) is 139 cm³/mol. The van der Waals surface area contributed by atoms with Crippen molar-refractivity contribution in [1.29, 1.82) is 0 Å². The molecule has 0 spiro atoms. The van der Waals surface area contributed by atoms with Crippen LogP contribution in [0, 0.1) is 0 Å². The Hall–Kier alpha value is -4.06. The number of amides is 1. The molecule has 1 amide bonds. The first-order valence-corrected chi connectivity index (χ1v) is 12.3. The van der Waals surface area contributed by atoms with Crippen molar-refractivity contribution in [3.05, 3.63) is 101 Å². The van der Waals surface area contributed by atoms with E-state index in [1.54, 1.807) is 29.2 Å². The van der Waals surface area contributed by atoms with Crippen LogP contribution < -0.4 is 9.47 Å². The Kier molecular flexibility index (Phi) is 8.06. The van der Waals surface area contributed by atoms with Crippen molar-refractivity contribution in [1.82, 2.24) is 4.90 Å². The van der Waals surface area contributed by atoms with Gasteiger partial charge in [-0.05, 0) is 55.2 Å². The standard InChI is InChI=1S/C30H31NO5/c1-3-19-36-24-15-13-22(14-16-24)27-26(28(32)23-11-8-12-25(20-23)35-4-2)29(33)30(34)31(27)18-17-21-9-6-5-7-10-21/h5-16,20,27,32H,3-4,17-19H2,1-2H3. The van der Waals surface area contributed by atoms with Crippen molar-refractivity contribution in [2.24, 2.45) is 0 Å². The Labute approximate surface area is 211 Å². The molecule has 6 nitrogen and oxygen atoms in total. The normalized spacial score (nSPS) is 16.8. The molecule has 36 heavy (non-hydrogen) atoms. The molecule has 1 aliphatic heterocycles. The number of nitrogens with zero attached hydrogens (tertiary/aromatic N) is 1. The third-order valence-corrected chi connectivity index (χ3v) is 6.11. The fourth-order valence-electron chi connectivity index (χ4n) is 4.37. The number of carbonyl (C=O) groups is 2. The lowest BCUT2D eigenvalue weighted by molar-refractivity contribution is -0.139. The molecule has 0 saturated carbocycles. The molecule has 186 valence electrons. The first kappa shape index (κ1) is 25.0. The van der Waals surface area contributed by atoms with Gasteiger partial charge in [0.1, 0.15) is 17.3 Å². The van der Waals surface area contributed by atoms with Crippen LogP contribution in [0.4, 0.5) is 0 Å². The molecule has 6 heteroatoms. The van der Waals surface area contributed by atoms with Gasteiger partial charge in [0.05, 0.1) is 24.8 Å². The van der Waals surface area contributed by atoms with Crippen molar-refractivity contribution < 1.29 is 24.2 Å². The van der Waals surface area contributed by atoms with E-state index in [1.807, 2.05) is 68.4 Å². The molecular weight excluding hydrogens is 454 g/mol. The quantitative estimate of drug-likeness (QED) is 0.232. The van der Waals surface area contributed by atoms with Gasteiger partial charge in [0.2, 0.25) is 0 Å². The second-order valence-electron chi connectivity index (χ2n) is 8.61. The van der Waals surface area contributed by atoms with Gasteiger partial charge in [-0.1, -0.05) is 61.5 Å². The number of rotatable bonds is 10. The summed E-state index contributed by atoms with van der Waals surface area (Å²) in [6, 6.07) is 23.4. The minimum absolute atomic E-state index is 0.0731. The molecular formula is C30H31NO5. The van der Waals surface area contributed by atoms with E-state index in [0.717, 1.165) is 17.5 Å². The zero-order chi connectivity index (χ0) is 25.5. The van der Waals surface area contributed by atoms with Gasteiger partial charge in [-0.25, -0.2) is 0 Å². The van der Waals surface area contributed by atoms with Gasteiger partial charge in [0.15, 0.2) is 0 Å². The lowest BCUT2D eigenvalue weighted by atomic mass is 9.95. The Morgan fingerprint density at radius 1 is 0.889 bits per heavy atom. The zero-order valence-corrected chi connectivity index (χ0v) is 20.6. The van der Waals surface area contributed by atoms with Crippen molar-refractivity contribution in [2.45, 2.75) is 32.7 Å². The average molecular weight is 486 g/mol. The van der Waals surface area contributed by atoms with E-state index in [4.69, 9.17) is 9.47 Å². The number of ketones is 1. The molecule has 3 aromatic carbocycles. The van der Waals surface area contributed by atoms with Crippen LogP contribution in [0.2, 0.25) is 0 Å². The average Bonchev–Trinajstić information content (AvgIpc) is 3.16. The first-order chi connectivity index (χ1) is 17.5. The molecule has 1 fully saturated rings. The van der Waals surface area contributed by atoms with E-state index >= 15 is 0 Å². The number of benzene rings is 3. The van der Waals surface area contributed by atoms with Crippen molar-refractivity contribution in [3.8, 4) is 11.5 Å². The number of Topliss-reactive ketones (excluding diaryl/α,β-unsaturated/α-hetero) is 1. The summed E-state index contributed by atoms with van der Waals surface area (Å²) >= 11 is 0. The predicted octanol–water partition coefficient (Wildman–Crippen LogP) is 5.54. The molecule has 1 saturated heterocycles. The summed E-state index contributed by atoms with van der Waals surface area (Å²) in [5.41, 5.74) is 2.29. The molecule has 3 aromatic rings. The van der Waals surface area contributed by atoms with Crippen molar-refractivity contribution >= 4 is 17.4 Å². The van der Waals surface area contributed by atoms with Gasteiger partial charge in [-0.15, -0.1) is 0 Å². The second kappa shape index (κ2) is 11.6. The lowest BCUT2D eigenvalue weighted by Gasteiger charge is -2.25. The fourth-order valence-corrected chi connectivity index (χ4v) is 4.37. The molecule has 0 radical (unpaired) electrons. The van der Waals surface area contributed by atoms with Crippen LogP contribution in [0.1, 0.15) is 43.0 Å². The number of aliphatic hydroxyl groups excluding tert-OH is 1. The van der Waals surface area contributed by atoms with E-state index in [1.165, 1.54) is 0 Å². The van der Waals surface area contributed by atoms with Crippen LogP contribution in [-0.4, -0.2) is 41.5 Å². The Morgan fingerprint density at radius 2 is 1.64 bits per heavy atom. The Bertz CT molecular complexity index is 1230. The number of hydrogen-bond acceptors (Lipinski definition) is 5. The van der Waals surface area contributed by atoms with Gasteiger partial charge in [-0.2, -0.15) is 0 Å². The third-order valence-electron chi connectivity index (χ3n) is 6.11. The summed E-state index contributed by atoms with van der Waals surface area (Å²) in [4.78, 5) is 28.0. The van der Waals surface area contributed by atoms with Crippen LogP contribution in [0.25, 0.3) is 5.76 Å². The summed E-state index contributed by atoms with van der Waals surface area (Å²) in [6.07, 6.45) is 1.48. The van der Waals surface area contributed by atoms with E-state index < -0.39 is 17.7 Å². The topological polar surface area (TPSA) is 76.1 Å². The highest BCUT2D eigenvalue weighted by molar-refractivity contribution is 6.46. The summed E-state index contributed by atoms with van der Waals surface area (Å²) in [7, 11) is 0. The number of carbonyl (C=O) groups excluding carboxylic acids is 2. The van der Waals surface area contributed by atoms with Crippen LogP contribution in [0.15, 0.2) is 84.4 Å². The monoisotopic (exact) mass is 485 g/mol. The number of aliphatic hydroxyl groups is 1. The largest absolute Gasteiger partial charge is 0.507 e. The maximum Gasteiger partial charge on any atom is 0.295 e. The maximum atomic E-state index is 13.3. The number of hydrogen-bond donors (Lipinski definition) is 1. The third kappa shape index (κ3) is 5.43. The molecule has 0 bridgehead atoms. The minimum Gasteiger partial charge on any atom is -0.507 e.